The number of ether oxygens (including phenoxy) is 1. The largest absolute Gasteiger partial charge is 0.493 e. The molecule has 1 heterocycles. The van der Waals surface area contributed by atoms with Crippen LogP contribution < -0.4 is 15.4 Å². The fourth-order valence-corrected chi connectivity index (χ4v) is 5.31. The van der Waals surface area contributed by atoms with Gasteiger partial charge >= 0.3 is 0 Å². The Bertz CT molecular complexity index is 909. The van der Waals surface area contributed by atoms with Gasteiger partial charge < -0.3 is 15.4 Å². The summed E-state index contributed by atoms with van der Waals surface area (Å²) in [5, 5.41) is 6.62. The second-order valence-electron chi connectivity index (χ2n) is 9.40. The number of para-hydroxylation sites is 1. The lowest BCUT2D eigenvalue weighted by Crippen LogP contribution is -2.39. The number of rotatable bonds is 9. The summed E-state index contributed by atoms with van der Waals surface area (Å²) in [6, 6.07) is 8.08. The molecule has 5 rings (SSSR count). The Balaban J connectivity index is 1.06. The lowest BCUT2D eigenvalue weighted by Gasteiger charge is -2.18. The zero-order valence-corrected chi connectivity index (χ0v) is 18.6. The van der Waals surface area contributed by atoms with E-state index in [1.165, 1.54) is 17.7 Å². The Morgan fingerprint density at radius 1 is 1.09 bits per heavy atom. The molecule has 1 aliphatic heterocycles. The Morgan fingerprint density at radius 2 is 1.81 bits per heavy atom. The van der Waals surface area contributed by atoms with Crippen molar-refractivity contribution in [1.29, 1.82) is 0 Å². The van der Waals surface area contributed by atoms with Crippen LogP contribution in [0, 0.1) is 29.6 Å². The number of carbonyl (C=O) groups excluding carboxylic acids is 2. The van der Waals surface area contributed by atoms with E-state index in [2.05, 4.69) is 33.8 Å². The van der Waals surface area contributed by atoms with Crippen LogP contribution in [0.1, 0.15) is 31.2 Å². The minimum absolute atomic E-state index is 0.0298. The zero-order valence-electron chi connectivity index (χ0n) is 18.6. The molecule has 2 amide bonds. The molecule has 1 saturated heterocycles. The van der Waals surface area contributed by atoms with E-state index >= 15 is 0 Å². The molecule has 7 heteroatoms. The number of carbonyl (C=O) groups is 2. The third kappa shape index (κ3) is 4.12. The predicted octanol–water partition coefficient (Wildman–Crippen LogP) is 2.34. The molecule has 0 aromatic heterocycles. The van der Waals surface area contributed by atoms with Crippen LogP contribution in [0.2, 0.25) is 0 Å². The number of guanidine groups is 1. The van der Waals surface area contributed by atoms with Gasteiger partial charge in [0.25, 0.3) is 0 Å². The number of amides is 2. The van der Waals surface area contributed by atoms with Gasteiger partial charge in [0, 0.05) is 32.2 Å². The van der Waals surface area contributed by atoms with Crippen molar-refractivity contribution in [2.45, 2.75) is 32.2 Å². The molecule has 1 aromatic rings. The zero-order chi connectivity index (χ0) is 22.1. The van der Waals surface area contributed by atoms with Crippen LogP contribution in [0.15, 0.2) is 41.4 Å². The van der Waals surface area contributed by atoms with Crippen LogP contribution in [0.3, 0.4) is 0 Å². The van der Waals surface area contributed by atoms with Gasteiger partial charge in [-0.3, -0.25) is 19.5 Å². The maximum Gasteiger partial charge on any atom is 0.233 e. The van der Waals surface area contributed by atoms with E-state index < -0.39 is 0 Å². The van der Waals surface area contributed by atoms with Gasteiger partial charge in [-0.1, -0.05) is 30.4 Å². The Hall–Kier alpha value is -2.83. The van der Waals surface area contributed by atoms with Crippen molar-refractivity contribution in [2.24, 2.45) is 34.6 Å². The Morgan fingerprint density at radius 3 is 2.50 bits per heavy atom. The average molecular weight is 437 g/mol. The van der Waals surface area contributed by atoms with Gasteiger partial charge in [0.05, 0.1) is 18.4 Å². The SMILES string of the molecule is CN=C(NCCCN1C(=O)C2C3C=CC(C3)C2C1=O)NCc1ccccc1OCC1CC1. The maximum atomic E-state index is 12.8. The van der Waals surface area contributed by atoms with Crippen molar-refractivity contribution >= 4 is 17.8 Å². The van der Waals surface area contributed by atoms with Crippen molar-refractivity contribution in [3.05, 3.63) is 42.0 Å². The van der Waals surface area contributed by atoms with Crippen LogP contribution in [0.4, 0.5) is 0 Å². The molecule has 2 bridgehead atoms. The second kappa shape index (κ2) is 8.96. The third-order valence-corrected chi connectivity index (χ3v) is 7.23. The molecular formula is C25H32N4O3. The molecule has 0 radical (unpaired) electrons. The molecule has 3 fully saturated rings. The van der Waals surface area contributed by atoms with Gasteiger partial charge in [-0.05, 0) is 49.5 Å². The van der Waals surface area contributed by atoms with Gasteiger partial charge in [0.2, 0.25) is 11.8 Å². The van der Waals surface area contributed by atoms with E-state index in [-0.39, 0.29) is 35.5 Å². The molecule has 3 aliphatic carbocycles. The number of allylic oxidation sites excluding steroid dienone is 2. The third-order valence-electron chi connectivity index (χ3n) is 7.23. The number of nitrogens with zero attached hydrogens (tertiary/aromatic N) is 2. The first-order valence-electron chi connectivity index (χ1n) is 11.8. The number of hydrogen-bond donors (Lipinski definition) is 2. The van der Waals surface area contributed by atoms with E-state index in [0.29, 0.717) is 37.9 Å². The molecule has 1 aromatic carbocycles. The van der Waals surface area contributed by atoms with Crippen molar-refractivity contribution < 1.29 is 14.3 Å². The molecule has 4 unspecified atom stereocenters. The van der Waals surface area contributed by atoms with Gasteiger partial charge in [0.1, 0.15) is 5.75 Å². The first-order valence-corrected chi connectivity index (χ1v) is 11.8. The van der Waals surface area contributed by atoms with E-state index in [0.717, 1.165) is 24.3 Å². The number of likely N-dealkylation sites (tertiary alicyclic amines) is 1. The van der Waals surface area contributed by atoms with E-state index in [1.807, 2.05) is 18.2 Å². The second-order valence-corrected chi connectivity index (χ2v) is 9.40. The normalized spacial score (nSPS) is 28.4. The number of hydrogen-bond acceptors (Lipinski definition) is 4. The Kier molecular flexibility index (Phi) is 5.89. The number of imide groups is 1. The maximum absolute atomic E-state index is 12.8. The van der Waals surface area contributed by atoms with E-state index in [9.17, 15) is 9.59 Å². The predicted molar refractivity (Wildman–Crippen MR) is 122 cm³/mol. The van der Waals surface area contributed by atoms with Crippen LogP contribution in [-0.2, 0) is 16.1 Å². The van der Waals surface area contributed by atoms with Gasteiger partial charge in [-0.25, -0.2) is 0 Å². The average Bonchev–Trinajstić information content (AvgIpc) is 3.32. The number of aliphatic imine (C=N–C) groups is 1. The fourth-order valence-electron chi connectivity index (χ4n) is 5.31. The first-order chi connectivity index (χ1) is 15.7. The highest BCUT2D eigenvalue weighted by Gasteiger charge is 2.58. The first kappa shape index (κ1) is 21.0. The molecule has 2 saturated carbocycles. The number of fused-ring (bicyclic) bond motifs is 5. The van der Waals surface area contributed by atoms with Gasteiger partial charge in [-0.15, -0.1) is 0 Å². The van der Waals surface area contributed by atoms with Crippen LogP contribution in [-0.4, -0.2) is 49.4 Å². The van der Waals surface area contributed by atoms with Crippen LogP contribution in [0.25, 0.3) is 0 Å². The fraction of sp³-hybridized carbons (Fsp3) is 0.560. The smallest absolute Gasteiger partial charge is 0.233 e. The summed E-state index contributed by atoms with van der Waals surface area (Å²) in [7, 11) is 1.74. The number of benzene rings is 1. The minimum Gasteiger partial charge on any atom is -0.493 e. The van der Waals surface area contributed by atoms with Crippen molar-refractivity contribution in [3.63, 3.8) is 0 Å². The summed E-state index contributed by atoms with van der Waals surface area (Å²) in [6.45, 7) is 2.50. The van der Waals surface area contributed by atoms with Gasteiger partial charge in [0.15, 0.2) is 5.96 Å². The molecule has 32 heavy (non-hydrogen) atoms. The van der Waals surface area contributed by atoms with Crippen molar-refractivity contribution in [3.8, 4) is 5.75 Å². The topological polar surface area (TPSA) is 83.0 Å². The van der Waals surface area contributed by atoms with Gasteiger partial charge in [-0.2, -0.15) is 0 Å². The standard InChI is InChI=1S/C25H32N4O3/c1-26-25(28-14-19-5-2-3-6-20(19)32-15-16-7-8-16)27-11-4-12-29-23(30)21-17-9-10-18(13-17)22(21)24(29)31/h2-3,5-6,9-10,16-18,21-22H,4,7-8,11-15H2,1H3,(H2,26,27,28). The summed E-state index contributed by atoms with van der Waals surface area (Å²) in [4.78, 5) is 31.3. The lowest BCUT2D eigenvalue weighted by molar-refractivity contribution is -0.140. The molecule has 4 aliphatic rings. The molecule has 4 atom stereocenters. The molecule has 7 nitrogen and oxygen atoms in total. The van der Waals surface area contributed by atoms with E-state index in [1.54, 1.807) is 7.05 Å². The van der Waals surface area contributed by atoms with E-state index in [4.69, 9.17) is 4.74 Å². The van der Waals surface area contributed by atoms with Crippen LogP contribution >= 0.6 is 0 Å². The molecule has 0 spiro atoms. The van der Waals surface area contributed by atoms with Crippen molar-refractivity contribution in [2.75, 3.05) is 26.7 Å². The summed E-state index contributed by atoms with van der Waals surface area (Å²) in [6.07, 6.45) is 8.47. The summed E-state index contributed by atoms with van der Waals surface area (Å²) >= 11 is 0. The molecule has 2 N–H and O–H groups in total. The monoisotopic (exact) mass is 436 g/mol. The van der Waals surface area contributed by atoms with Crippen LogP contribution in [0.5, 0.6) is 5.75 Å². The summed E-state index contributed by atoms with van der Waals surface area (Å²) in [5.41, 5.74) is 1.10. The quantitative estimate of drug-likeness (QED) is 0.204. The summed E-state index contributed by atoms with van der Waals surface area (Å²) < 4.78 is 5.98. The Labute approximate surface area is 189 Å². The highest BCUT2D eigenvalue weighted by molar-refractivity contribution is 6.06. The van der Waals surface area contributed by atoms with Crippen molar-refractivity contribution in [1.82, 2.24) is 15.5 Å². The lowest BCUT2D eigenvalue weighted by atomic mass is 9.85. The highest BCUT2D eigenvalue weighted by atomic mass is 16.5. The summed E-state index contributed by atoms with van der Waals surface area (Å²) in [5.74, 6) is 2.70. The highest BCUT2D eigenvalue weighted by Crippen LogP contribution is 2.52. The molecular weight excluding hydrogens is 404 g/mol. The number of nitrogens with one attached hydrogen (secondary N) is 2. The minimum atomic E-state index is -0.109. The molecule has 170 valence electrons.